The number of aliphatic imine (C=N–C) groups is 1. The first kappa shape index (κ1) is 10.4. The normalized spacial score (nSPS) is 20.1. The van der Waals surface area contributed by atoms with E-state index < -0.39 is 0 Å². The highest BCUT2D eigenvalue weighted by atomic mass is 32.2. The van der Waals surface area contributed by atoms with Crippen LogP contribution in [0.3, 0.4) is 0 Å². The van der Waals surface area contributed by atoms with Gasteiger partial charge < -0.3 is 5.32 Å². The Morgan fingerprint density at radius 1 is 1.60 bits per heavy atom. The minimum Gasteiger partial charge on any atom is -0.359 e. The Kier molecular flexibility index (Phi) is 3.55. The van der Waals surface area contributed by atoms with Gasteiger partial charge in [-0.2, -0.15) is 10.2 Å². The number of rotatable bonds is 3. The van der Waals surface area contributed by atoms with Gasteiger partial charge in [0.05, 0.1) is 18.8 Å². The summed E-state index contributed by atoms with van der Waals surface area (Å²) in [6.07, 6.45) is 2.85. The molecule has 0 amide bonds. The third-order valence-corrected chi connectivity index (χ3v) is 3.53. The fourth-order valence-corrected chi connectivity index (χ4v) is 2.26. The summed E-state index contributed by atoms with van der Waals surface area (Å²) in [6.45, 7) is 3.83. The molecule has 1 atom stereocenters. The molecule has 0 saturated carbocycles. The molecule has 4 nitrogen and oxygen atoms in total. The van der Waals surface area contributed by atoms with Crippen LogP contribution in [-0.2, 0) is 6.54 Å². The Labute approximate surface area is 93.6 Å². The second-order valence-corrected chi connectivity index (χ2v) is 4.65. The summed E-state index contributed by atoms with van der Waals surface area (Å²) in [5, 5.41) is 12.8. The van der Waals surface area contributed by atoms with E-state index in [-0.39, 0.29) is 0 Å². The van der Waals surface area contributed by atoms with Gasteiger partial charge in [0.25, 0.3) is 0 Å². The molecule has 0 aromatic carbocycles. The molecule has 1 aromatic rings. The van der Waals surface area contributed by atoms with Crippen molar-refractivity contribution < 1.29 is 0 Å². The maximum Gasteiger partial charge on any atom is 0.157 e. The van der Waals surface area contributed by atoms with E-state index in [1.54, 1.807) is 6.20 Å². The number of nitrogens with zero attached hydrogens (tertiary/aromatic N) is 3. The van der Waals surface area contributed by atoms with Gasteiger partial charge in [-0.15, -0.1) is 0 Å². The van der Waals surface area contributed by atoms with Crippen LogP contribution >= 0.6 is 11.8 Å². The minimum absolute atomic E-state index is 0.648. The van der Waals surface area contributed by atoms with Gasteiger partial charge >= 0.3 is 0 Å². The molecule has 0 fully saturated rings. The topological polar surface area (TPSA) is 50.2 Å². The lowest BCUT2D eigenvalue weighted by Crippen LogP contribution is -2.19. The molecule has 0 radical (unpaired) electrons. The Hall–Kier alpha value is -1.10. The third kappa shape index (κ3) is 2.92. The standard InChI is InChI=1S/C10H14N4S/c1-2-9-7-12-10(15-9)11-6-8-4-3-5-13-14-8/h3-5,9H,2,6-7H2,1H3,(H,11,12). The van der Waals surface area contributed by atoms with Crippen molar-refractivity contribution in [1.29, 1.82) is 0 Å². The van der Waals surface area contributed by atoms with Crippen molar-refractivity contribution in [3.8, 4) is 0 Å². The van der Waals surface area contributed by atoms with E-state index >= 15 is 0 Å². The molecule has 1 aromatic heterocycles. The van der Waals surface area contributed by atoms with Crippen molar-refractivity contribution in [3.63, 3.8) is 0 Å². The zero-order valence-electron chi connectivity index (χ0n) is 8.68. The second-order valence-electron chi connectivity index (χ2n) is 3.36. The van der Waals surface area contributed by atoms with Crippen LogP contribution in [0.15, 0.2) is 23.3 Å². The van der Waals surface area contributed by atoms with Gasteiger partial charge in [0.15, 0.2) is 5.17 Å². The van der Waals surface area contributed by atoms with E-state index in [1.807, 2.05) is 23.9 Å². The number of hydrogen-bond donors (Lipinski definition) is 1. The van der Waals surface area contributed by atoms with Gasteiger partial charge in [-0.25, -0.2) is 0 Å². The lowest BCUT2D eigenvalue weighted by atomic mass is 10.3. The van der Waals surface area contributed by atoms with Gasteiger partial charge in [0, 0.05) is 11.4 Å². The number of thioether (sulfide) groups is 1. The fraction of sp³-hybridized carbons (Fsp3) is 0.500. The van der Waals surface area contributed by atoms with Gasteiger partial charge in [0.2, 0.25) is 0 Å². The van der Waals surface area contributed by atoms with Crippen LogP contribution in [0, 0.1) is 0 Å². The van der Waals surface area contributed by atoms with Gasteiger partial charge in [0.1, 0.15) is 0 Å². The summed E-state index contributed by atoms with van der Waals surface area (Å²) in [5.41, 5.74) is 0.945. The van der Waals surface area contributed by atoms with Crippen LogP contribution in [0.4, 0.5) is 0 Å². The third-order valence-electron chi connectivity index (χ3n) is 2.22. The van der Waals surface area contributed by atoms with Crippen molar-refractivity contribution in [2.75, 3.05) is 6.54 Å². The summed E-state index contributed by atoms with van der Waals surface area (Å²) in [4.78, 5) is 4.42. The van der Waals surface area contributed by atoms with Crippen LogP contribution in [0.1, 0.15) is 19.0 Å². The Balaban J connectivity index is 1.80. The second kappa shape index (κ2) is 5.11. The molecule has 80 valence electrons. The molecule has 1 aliphatic rings. The highest BCUT2D eigenvalue weighted by Gasteiger charge is 2.17. The molecule has 1 unspecified atom stereocenters. The fourth-order valence-electron chi connectivity index (χ4n) is 1.32. The first-order chi connectivity index (χ1) is 7.38. The van der Waals surface area contributed by atoms with E-state index in [0.29, 0.717) is 11.8 Å². The van der Waals surface area contributed by atoms with Crippen LogP contribution in [-0.4, -0.2) is 27.2 Å². The molecule has 15 heavy (non-hydrogen) atoms. The molecule has 0 aliphatic carbocycles. The van der Waals surface area contributed by atoms with E-state index in [1.165, 1.54) is 6.42 Å². The van der Waals surface area contributed by atoms with Crippen LogP contribution in [0.25, 0.3) is 0 Å². The van der Waals surface area contributed by atoms with Gasteiger partial charge in [-0.3, -0.25) is 4.99 Å². The zero-order valence-corrected chi connectivity index (χ0v) is 9.50. The summed E-state index contributed by atoms with van der Waals surface area (Å²) < 4.78 is 0. The number of aromatic nitrogens is 2. The van der Waals surface area contributed by atoms with E-state index in [4.69, 9.17) is 0 Å². The first-order valence-corrected chi connectivity index (χ1v) is 5.98. The molecule has 2 heterocycles. The SMILES string of the molecule is CCC1CN=C(NCc2cccnn2)S1. The molecule has 2 rings (SSSR count). The Morgan fingerprint density at radius 3 is 3.20 bits per heavy atom. The summed E-state index contributed by atoms with van der Waals surface area (Å²) in [7, 11) is 0. The van der Waals surface area contributed by atoms with Crippen molar-refractivity contribution in [2.24, 2.45) is 4.99 Å². The molecule has 0 bridgehead atoms. The summed E-state index contributed by atoms with van der Waals surface area (Å²) in [6, 6.07) is 3.85. The van der Waals surface area contributed by atoms with Gasteiger partial charge in [-0.1, -0.05) is 18.7 Å². The highest BCUT2D eigenvalue weighted by molar-refractivity contribution is 8.14. The number of nitrogens with one attached hydrogen (secondary N) is 1. The molecule has 0 saturated heterocycles. The number of hydrogen-bond acceptors (Lipinski definition) is 5. The van der Waals surface area contributed by atoms with Gasteiger partial charge in [-0.05, 0) is 18.6 Å². The largest absolute Gasteiger partial charge is 0.359 e. The Morgan fingerprint density at radius 2 is 2.53 bits per heavy atom. The molecular formula is C10H14N4S. The predicted molar refractivity (Wildman–Crippen MR) is 62.8 cm³/mol. The molecular weight excluding hydrogens is 208 g/mol. The quantitative estimate of drug-likeness (QED) is 0.841. The average molecular weight is 222 g/mol. The van der Waals surface area contributed by atoms with Crippen LogP contribution in [0.5, 0.6) is 0 Å². The lowest BCUT2D eigenvalue weighted by Gasteiger charge is -2.05. The Bertz CT molecular complexity index is 339. The summed E-state index contributed by atoms with van der Waals surface area (Å²) in [5.74, 6) is 0. The van der Waals surface area contributed by atoms with E-state index in [2.05, 4.69) is 27.4 Å². The maximum absolute atomic E-state index is 4.42. The van der Waals surface area contributed by atoms with Crippen molar-refractivity contribution in [1.82, 2.24) is 15.5 Å². The maximum atomic E-state index is 4.42. The van der Waals surface area contributed by atoms with E-state index in [9.17, 15) is 0 Å². The van der Waals surface area contributed by atoms with Crippen molar-refractivity contribution in [2.45, 2.75) is 25.1 Å². The zero-order chi connectivity index (χ0) is 10.5. The van der Waals surface area contributed by atoms with Crippen LogP contribution < -0.4 is 5.32 Å². The van der Waals surface area contributed by atoms with E-state index in [0.717, 1.165) is 17.4 Å². The highest BCUT2D eigenvalue weighted by Crippen LogP contribution is 2.21. The average Bonchev–Trinajstić information content (AvgIpc) is 2.76. The minimum atomic E-state index is 0.648. The van der Waals surface area contributed by atoms with Crippen molar-refractivity contribution >= 4 is 16.9 Å². The first-order valence-electron chi connectivity index (χ1n) is 5.10. The lowest BCUT2D eigenvalue weighted by molar-refractivity contribution is 0.824. The summed E-state index contributed by atoms with van der Waals surface area (Å²) >= 11 is 1.82. The van der Waals surface area contributed by atoms with Crippen LogP contribution in [0.2, 0.25) is 0 Å². The monoisotopic (exact) mass is 222 g/mol. The van der Waals surface area contributed by atoms with Crippen molar-refractivity contribution in [3.05, 3.63) is 24.0 Å². The molecule has 5 heteroatoms. The predicted octanol–water partition coefficient (Wildman–Crippen LogP) is 1.45. The molecule has 1 aliphatic heterocycles. The molecule has 0 spiro atoms. The smallest absolute Gasteiger partial charge is 0.157 e. The molecule has 1 N–H and O–H groups in total. The number of amidine groups is 1.